The third-order valence-corrected chi connectivity index (χ3v) is 3.95. The first-order valence-corrected chi connectivity index (χ1v) is 7.71. The lowest BCUT2D eigenvalue weighted by Gasteiger charge is -2.11. The number of thiazole rings is 1. The largest absolute Gasteiger partial charge is 0.352 e. The van der Waals surface area contributed by atoms with Crippen LogP contribution in [0, 0.1) is 5.82 Å². The topological polar surface area (TPSA) is 49.3 Å². The summed E-state index contributed by atoms with van der Waals surface area (Å²) in [5.41, 5.74) is 1.88. The molecule has 1 aromatic heterocycles. The highest BCUT2D eigenvalue weighted by atomic mass is 32.1. The maximum absolute atomic E-state index is 13.1. The van der Waals surface area contributed by atoms with Crippen LogP contribution in [0.25, 0.3) is 0 Å². The van der Waals surface area contributed by atoms with Gasteiger partial charge in [-0.15, -0.1) is 11.3 Å². The molecule has 1 heterocycles. The van der Waals surface area contributed by atoms with Crippen molar-refractivity contribution >= 4 is 17.3 Å². The molecule has 2 N–H and O–H groups in total. The second-order valence-electron chi connectivity index (χ2n) is 4.50. The molecule has 0 spiro atoms. The number of nitrogens with zero attached hydrogens (tertiary/aromatic N) is 2. The molecule has 0 fully saturated rings. The van der Waals surface area contributed by atoms with Crippen molar-refractivity contribution in [3.05, 3.63) is 51.7 Å². The van der Waals surface area contributed by atoms with E-state index in [1.165, 1.54) is 12.1 Å². The Morgan fingerprint density at radius 3 is 2.81 bits per heavy atom. The fourth-order valence-electron chi connectivity index (χ4n) is 1.82. The molecule has 112 valence electrons. The summed E-state index contributed by atoms with van der Waals surface area (Å²) in [5.74, 6) is 0.442. The van der Waals surface area contributed by atoms with Crippen molar-refractivity contribution in [1.82, 2.24) is 15.6 Å². The molecule has 0 radical (unpaired) electrons. The standard InChI is InChI=1S/C15H19FN4S/c1-3-14-20-13(10-21-14)9-19-15(17-2)18-8-11-5-4-6-12(16)7-11/h4-7,10H,3,8-9H2,1-2H3,(H2,17,18,19). The van der Waals surface area contributed by atoms with Crippen molar-refractivity contribution in [2.24, 2.45) is 4.99 Å². The minimum Gasteiger partial charge on any atom is -0.352 e. The Balaban J connectivity index is 1.83. The van der Waals surface area contributed by atoms with Gasteiger partial charge in [-0.25, -0.2) is 9.37 Å². The number of aromatic nitrogens is 1. The first kappa shape index (κ1) is 15.4. The van der Waals surface area contributed by atoms with Crippen LogP contribution in [0.3, 0.4) is 0 Å². The van der Waals surface area contributed by atoms with E-state index in [1.807, 2.05) is 11.4 Å². The van der Waals surface area contributed by atoms with Gasteiger partial charge >= 0.3 is 0 Å². The molecule has 21 heavy (non-hydrogen) atoms. The summed E-state index contributed by atoms with van der Waals surface area (Å²) in [7, 11) is 1.71. The molecule has 6 heteroatoms. The maximum atomic E-state index is 13.1. The Bertz CT molecular complexity index is 609. The summed E-state index contributed by atoms with van der Waals surface area (Å²) < 4.78 is 13.1. The van der Waals surface area contributed by atoms with Crippen LogP contribution < -0.4 is 10.6 Å². The maximum Gasteiger partial charge on any atom is 0.191 e. The smallest absolute Gasteiger partial charge is 0.191 e. The molecule has 0 aliphatic rings. The minimum absolute atomic E-state index is 0.230. The molecule has 0 aliphatic heterocycles. The van der Waals surface area contributed by atoms with E-state index < -0.39 is 0 Å². The quantitative estimate of drug-likeness (QED) is 0.659. The average molecular weight is 306 g/mol. The summed E-state index contributed by atoms with van der Waals surface area (Å²) in [6.45, 7) is 3.24. The van der Waals surface area contributed by atoms with E-state index >= 15 is 0 Å². The lowest BCUT2D eigenvalue weighted by Crippen LogP contribution is -2.36. The molecule has 2 aromatic rings. The number of halogens is 1. The van der Waals surface area contributed by atoms with Crippen molar-refractivity contribution in [2.75, 3.05) is 7.05 Å². The molecule has 0 saturated heterocycles. The van der Waals surface area contributed by atoms with E-state index in [-0.39, 0.29) is 5.82 Å². The first-order valence-electron chi connectivity index (χ1n) is 6.83. The van der Waals surface area contributed by atoms with Crippen LogP contribution >= 0.6 is 11.3 Å². The lowest BCUT2D eigenvalue weighted by atomic mass is 10.2. The first-order chi connectivity index (χ1) is 10.2. The van der Waals surface area contributed by atoms with E-state index in [9.17, 15) is 4.39 Å². The van der Waals surface area contributed by atoms with Gasteiger partial charge in [-0.05, 0) is 24.1 Å². The van der Waals surface area contributed by atoms with Gasteiger partial charge in [0.25, 0.3) is 0 Å². The predicted molar refractivity (Wildman–Crippen MR) is 84.9 cm³/mol. The van der Waals surface area contributed by atoms with Crippen molar-refractivity contribution in [2.45, 2.75) is 26.4 Å². The third-order valence-electron chi connectivity index (χ3n) is 2.91. The van der Waals surface area contributed by atoms with Crippen molar-refractivity contribution in [3.63, 3.8) is 0 Å². The normalized spacial score (nSPS) is 11.5. The number of benzene rings is 1. The van der Waals surface area contributed by atoms with Gasteiger partial charge in [0.05, 0.1) is 17.2 Å². The highest BCUT2D eigenvalue weighted by Gasteiger charge is 2.03. The highest BCUT2D eigenvalue weighted by Crippen LogP contribution is 2.09. The third kappa shape index (κ3) is 4.82. The van der Waals surface area contributed by atoms with E-state index in [0.717, 1.165) is 22.7 Å². The van der Waals surface area contributed by atoms with E-state index in [0.29, 0.717) is 19.0 Å². The molecule has 0 amide bonds. The second kappa shape index (κ2) is 7.73. The average Bonchev–Trinajstić information content (AvgIpc) is 2.95. The zero-order valence-corrected chi connectivity index (χ0v) is 13.0. The van der Waals surface area contributed by atoms with Crippen LogP contribution in [0.15, 0.2) is 34.6 Å². The van der Waals surface area contributed by atoms with E-state index in [4.69, 9.17) is 0 Å². The van der Waals surface area contributed by atoms with Crippen LogP contribution in [0.2, 0.25) is 0 Å². The molecule has 0 saturated carbocycles. The molecule has 0 unspecified atom stereocenters. The molecule has 0 atom stereocenters. The lowest BCUT2D eigenvalue weighted by molar-refractivity contribution is 0.624. The Labute approximate surface area is 128 Å². The van der Waals surface area contributed by atoms with Gasteiger partial charge in [-0.2, -0.15) is 0 Å². The molecular formula is C15H19FN4S. The van der Waals surface area contributed by atoms with Gasteiger partial charge in [0, 0.05) is 19.0 Å². The zero-order valence-electron chi connectivity index (χ0n) is 12.2. The summed E-state index contributed by atoms with van der Waals surface area (Å²) in [4.78, 5) is 8.63. The van der Waals surface area contributed by atoms with Gasteiger partial charge in [-0.3, -0.25) is 4.99 Å². The van der Waals surface area contributed by atoms with E-state index in [2.05, 4.69) is 27.5 Å². The fourth-order valence-corrected chi connectivity index (χ4v) is 2.56. The SMILES string of the molecule is CCc1nc(CNC(=NC)NCc2cccc(F)c2)cs1. The van der Waals surface area contributed by atoms with Gasteiger partial charge < -0.3 is 10.6 Å². The highest BCUT2D eigenvalue weighted by molar-refractivity contribution is 7.09. The zero-order chi connectivity index (χ0) is 15.1. The Kier molecular flexibility index (Phi) is 5.68. The number of hydrogen-bond acceptors (Lipinski definition) is 3. The minimum atomic E-state index is -0.230. The van der Waals surface area contributed by atoms with Gasteiger partial charge in [0.15, 0.2) is 5.96 Å². The number of hydrogen-bond donors (Lipinski definition) is 2. The Morgan fingerprint density at radius 2 is 2.14 bits per heavy atom. The number of aliphatic imine (C=N–C) groups is 1. The van der Waals surface area contributed by atoms with Gasteiger partial charge in [-0.1, -0.05) is 19.1 Å². The summed E-state index contributed by atoms with van der Waals surface area (Å²) in [6, 6.07) is 6.51. The molecule has 2 rings (SSSR count). The monoisotopic (exact) mass is 306 g/mol. The van der Waals surface area contributed by atoms with Crippen LogP contribution in [0.1, 0.15) is 23.2 Å². The second-order valence-corrected chi connectivity index (χ2v) is 5.44. The van der Waals surface area contributed by atoms with Gasteiger partial charge in [0.2, 0.25) is 0 Å². The Morgan fingerprint density at radius 1 is 1.33 bits per heavy atom. The summed E-state index contributed by atoms with van der Waals surface area (Å²) in [5, 5.41) is 9.53. The van der Waals surface area contributed by atoms with Crippen LogP contribution in [-0.2, 0) is 19.5 Å². The summed E-state index contributed by atoms with van der Waals surface area (Å²) >= 11 is 1.67. The molecule has 4 nitrogen and oxygen atoms in total. The summed E-state index contributed by atoms with van der Waals surface area (Å²) in [6.07, 6.45) is 0.956. The number of aryl methyl sites for hydroxylation is 1. The number of nitrogens with one attached hydrogen (secondary N) is 2. The number of guanidine groups is 1. The number of rotatable bonds is 5. The van der Waals surface area contributed by atoms with Crippen molar-refractivity contribution in [3.8, 4) is 0 Å². The molecule has 0 aliphatic carbocycles. The fraction of sp³-hybridized carbons (Fsp3) is 0.333. The Hall–Kier alpha value is -1.95. The molecule has 1 aromatic carbocycles. The van der Waals surface area contributed by atoms with Gasteiger partial charge in [0.1, 0.15) is 5.82 Å². The van der Waals surface area contributed by atoms with Crippen molar-refractivity contribution in [1.29, 1.82) is 0 Å². The van der Waals surface area contributed by atoms with Crippen LogP contribution in [-0.4, -0.2) is 18.0 Å². The van der Waals surface area contributed by atoms with Crippen LogP contribution in [0.5, 0.6) is 0 Å². The van der Waals surface area contributed by atoms with Crippen LogP contribution in [0.4, 0.5) is 4.39 Å². The predicted octanol–water partition coefficient (Wildman–Crippen LogP) is 2.71. The van der Waals surface area contributed by atoms with E-state index in [1.54, 1.807) is 24.5 Å². The molecular weight excluding hydrogens is 287 g/mol. The van der Waals surface area contributed by atoms with Crippen molar-refractivity contribution < 1.29 is 4.39 Å². The molecule has 0 bridgehead atoms.